The molecule has 0 aromatic rings. The van der Waals surface area contributed by atoms with Crippen molar-refractivity contribution < 1.29 is 19.8 Å². The summed E-state index contributed by atoms with van der Waals surface area (Å²) in [6.45, 7) is 4.74. The first-order chi connectivity index (χ1) is 4.95. The number of hydrogen-bond donors (Lipinski definition) is 2. The number of carbonyl (C=O) groups is 2. The predicted molar refractivity (Wildman–Crippen MR) is 41.1 cm³/mol. The van der Waals surface area contributed by atoms with Crippen LogP contribution >= 0.6 is 11.8 Å². The smallest absolute Gasteiger partial charge is 0.343 e. The molecule has 0 bridgehead atoms. The first-order valence-corrected chi connectivity index (χ1v) is 3.60. The van der Waals surface area contributed by atoms with Crippen LogP contribution in [-0.2, 0) is 9.59 Å². The molecule has 0 amide bonds. The van der Waals surface area contributed by atoms with Crippen LogP contribution in [0.3, 0.4) is 0 Å². The lowest BCUT2D eigenvalue weighted by molar-refractivity contribution is -0.142. The average Bonchev–Trinajstić information content (AvgIpc) is 1.87. The number of aliphatic carboxylic acids is 1. The number of carboxylic acid groups (broad SMARTS) is 1. The Morgan fingerprint density at radius 2 is 2.00 bits per heavy atom. The molecule has 0 aliphatic carbocycles. The van der Waals surface area contributed by atoms with Gasteiger partial charge in [0.15, 0.2) is 0 Å². The summed E-state index contributed by atoms with van der Waals surface area (Å²) in [7, 11) is 0. The number of rotatable bonds is 3. The van der Waals surface area contributed by atoms with Gasteiger partial charge in [-0.3, -0.25) is 4.79 Å². The van der Waals surface area contributed by atoms with E-state index in [4.69, 9.17) is 10.2 Å². The summed E-state index contributed by atoms with van der Waals surface area (Å²) in [6.07, 6.45) is 0. The first-order valence-electron chi connectivity index (χ1n) is 2.72. The molecule has 62 valence electrons. The maximum Gasteiger partial charge on any atom is 0.343 e. The van der Waals surface area contributed by atoms with Crippen LogP contribution in [0.15, 0.2) is 12.2 Å². The second-order valence-corrected chi connectivity index (χ2v) is 2.93. The van der Waals surface area contributed by atoms with Gasteiger partial charge in [-0.15, -0.1) is 0 Å². The van der Waals surface area contributed by atoms with E-state index in [1.54, 1.807) is 0 Å². The van der Waals surface area contributed by atoms with E-state index >= 15 is 0 Å². The van der Waals surface area contributed by atoms with E-state index in [9.17, 15) is 9.59 Å². The predicted octanol–water partition coefficient (Wildman–Crippen LogP) is 0.225. The van der Waals surface area contributed by atoms with Crippen molar-refractivity contribution in [2.24, 2.45) is 0 Å². The number of aliphatic hydroxyl groups excluding tert-OH is 1. The Kier molecular flexibility index (Phi) is 3.84. The molecule has 4 nitrogen and oxygen atoms in total. The van der Waals surface area contributed by atoms with Crippen LogP contribution in [0.5, 0.6) is 0 Å². The van der Waals surface area contributed by atoms with Crippen LogP contribution in [0.25, 0.3) is 0 Å². The van der Waals surface area contributed by atoms with Crippen LogP contribution in [0.4, 0.5) is 0 Å². The third kappa shape index (κ3) is 3.79. The SMILES string of the molecule is C=C(C)C(=O)SC(O)C(=O)O. The molecule has 0 saturated heterocycles. The minimum absolute atomic E-state index is 0.218. The fourth-order valence-corrected chi connectivity index (χ4v) is 0.757. The van der Waals surface area contributed by atoms with Crippen molar-refractivity contribution in [2.45, 2.75) is 12.4 Å². The van der Waals surface area contributed by atoms with Crippen molar-refractivity contribution in [1.29, 1.82) is 0 Å². The van der Waals surface area contributed by atoms with E-state index in [0.29, 0.717) is 11.8 Å². The number of thioether (sulfide) groups is 1. The zero-order chi connectivity index (χ0) is 9.02. The van der Waals surface area contributed by atoms with Crippen LogP contribution in [0.2, 0.25) is 0 Å². The molecule has 1 unspecified atom stereocenters. The molecular weight excluding hydrogens is 168 g/mol. The van der Waals surface area contributed by atoms with E-state index < -0.39 is 16.5 Å². The normalized spacial score (nSPS) is 12.2. The zero-order valence-corrected chi connectivity index (χ0v) is 6.72. The highest BCUT2D eigenvalue weighted by Crippen LogP contribution is 2.13. The Bertz CT molecular complexity index is 199. The number of hydrogen-bond acceptors (Lipinski definition) is 4. The van der Waals surface area contributed by atoms with E-state index in [1.807, 2.05) is 0 Å². The molecule has 0 aliphatic heterocycles. The molecule has 0 spiro atoms. The molecule has 0 aromatic heterocycles. The topological polar surface area (TPSA) is 74.6 Å². The Balaban J connectivity index is 3.95. The average molecular weight is 176 g/mol. The molecule has 0 rings (SSSR count). The highest BCUT2D eigenvalue weighted by atomic mass is 32.2. The monoisotopic (exact) mass is 176 g/mol. The summed E-state index contributed by atoms with van der Waals surface area (Å²) in [6, 6.07) is 0. The summed E-state index contributed by atoms with van der Waals surface area (Å²) in [5, 5.41) is 16.3. The van der Waals surface area contributed by atoms with Crippen molar-refractivity contribution in [3.8, 4) is 0 Å². The molecule has 0 heterocycles. The lowest BCUT2D eigenvalue weighted by Crippen LogP contribution is -2.17. The highest BCUT2D eigenvalue weighted by Gasteiger charge is 2.18. The van der Waals surface area contributed by atoms with Gasteiger partial charge in [0.25, 0.3) is 0 Å². The quantitative estimate of drug-likeness (QED) is 0.475. The molecule has 5 heteroatoms. The second-order valence-electron chi connectivity index (χ2n) is 1.88. The summed E-state index contributed by atoms with van der Waals surface area (Å²) in [4.78, 5) is 20.7. The van der Waals surface area contributed by atoms with Gasteiger partial charge < -0.3 is 10.2 Å². The maximum atomic E-state index is 10.7. The minimum atomic E-state index is -1.70. The standard InChI is InChI=1S/C6H8O4S/c1-3(2)5(9)11-6(10)4(7)8/h6,10H,1H2,2H3,(H,7,8). The molecule has 0 aromatic carbocycles. The lowest BCUT2D eigenvalue weighted by atomic mass is 10.4. The molecule has 0 radical (unpaired) electrons. The largest absolute Gasteiger partial charge is 0.479 e. The maximum absolute atomic E-state index is 10.7. The zero-order valence-electron chi connectivity index (χ0n) is 5.90. The Hall–Kier alpha value is -0.810. The van der Waals surface area contributed by atoms with Crippen molar-refractivity contribution in [3.05, 3.63) is 12.2 Å². The summed E-state index contributed by atoms with van der Waals surface area (Å²) < 4.78 is 0. The first kappa shape index (κ1) is 10.2. The van der Waals surface area contributed by atoms with Gasteiger partial charge in [0, 0.05) is 0 Å². The van der Waals surface area contributed by atoms with Crippen molar-refractivity contribution in [3.63, 3.8) is 0 Å². The summed E-state index contributed by atoms with van der Waals surface area (Å²) >= 11 is 0.333. The molecule has 2 N–H and O–H groups in total. The van der Waals surface area contributed by atoms with E-state index in [-0.39, 0.29) is 5.57 Å². The fourth-order valence-electron chi connectivity index (χ4n) is 0.252. The van der Waals surface area contributed by atoms with E-state index in [2.05, 4.69) is 6.58 Å². The third-order valence-corrected chi connectivity index (χ3v) is 1.77. The number of carboxylic acids is 1. The summed E-state index contributed by atoms with van der Waals surface area (Å²) in [5.74, 6) is -1.43. The lowest BCUT2D eigenvalue weighted by Gasteiger charge is -2.01. The van der Waals surface area contributed by atoms with E-state index in [1.165, 1.54) is 6.92 Å². The van der Waals surface area contributed by atoms with Crippen molar-refractivity contribution in [2.75, 3.05) is 0 Å². The van der Waals surface area contributed by atoms with Crippen molar-refractivity contribution >= 4 is 22.8 Å². The number of aliphatic hydroxyl groups is 1. The van der Waals surface area contributed by atoms with Crippen molar-refractivity contribution in [1.82, 2.24) is 0 Å². The molecule has 1 atom stereocenters. The third-order valence-electron chi connectivity index (χ3n) is 0.778. The summed E-state index contributed by atoms with van der Waals surface area (Å²) in [5.41, 5.74) is -1.48. The number of carbonyl (C=O) groups excluding carboxylic acids is 1. The van der Waals surface area contributed by atoms with E-state index in [0.717, 1.165) is 0 Å². The highest BCUT2D eigenvalue weighted by molar-refractivity contribution is 8.15. The van der Waals surface area contributed by atoms with Crippen LogP contribution in [-0.4, -0.2) is 26.7 Å². The minimum Gasteiger partial charge on any atom is -0.479 e. The molecule has 0 aliphatic rings. The Morgan fingerprint density at radius 3 is 2.27 bits per heavy atom. The van der Waals surface area contributed by atoms with Gasteiger partial charge >= 0.3 is 5.97 Å². The van der Waals surface area contributed by atoms with Crippen LogP contribution in [0.1, 0.15) is 6.92 Å². The van der Waals surface area contributed by atoms with Gasteiger partial charge in [-0.2, -0.15) is 0 Å². The van der Waals surface area contributed by atoms with Gasteiger partial charge in [0.1, 0.15) is 0 Å². The van der Waals surface area contributed by atoms with Gasteiger partial charge in [-0.25, -0.2) is 4.79 Å². The van der Waals surface area contributed by atoms with Gasteiger partial charge in [-0.1, -0.05) is 6.58 Å². The van der Waals surface area contributed by atoms with Crippen LogP contribution < -0.4 is 0 Å². The van der Waals surface area contributed by atoms with Gasteiger partial charge in [0.05, 0.1) is 0 Å². The fraction of sp³-hybridized carbons (Fsp3) is 0.333. The van der Waals surface area contributed by atoms with Gasteiger partial charge in [-0.05, 0) is 24.3 Å². The molecular formula is C6H8O4S. The van der Waals surface area contributed by atoms with Gasteiger partial charge in [0.2, 0.25) is 10.6 Å². The Morgan fingerprint density at radius 1 is 1.55 bits per heavy atom. The molecule has 0 fully saturated rings. The Labute approximate surface area is 67.9 Å². The van der Waals surface area contributed by atoms with Crippen LogP contribution in [0, 0.1) is 0 Å². The molecule has 0 saturated carbocycles. The second kappa shape index (κ2) is 4.15. The molecule has 11 heavy (non-hydrogen) atoms.